The number of nitrogens with one attached hydrogen (secondary N) is 1. The molecule has 1 aliphatic rings. The van der Waals surface area contributed by atoms with Gasteiger partial charge in [-0.3, -0.25) is 18.8 Å². The molecule has 0 saturated carbocycles. The Hall–Kier alpha value is -4.99. The zero-order valence-corrected chi connectivity index (χ0v) is 26.1. The second-order valence-corrected chi connectivity index (χ2v) is 11.7. The highest BCUT2D eigenvalue weighted by molar-refractivity contribution is 5.97. The van der Waals surface area contributed by atoms with Gasteiger partial charge >= 0.3 is 5.69 Å². The van der Waals surface area contributed by atoms with Crippen LogP contribution < -0.4 is 21.5 Å². The maximum absolute atomic E-state index is 13.8. The van der Waals surface area contributed by atoms with Gasteiger partial charge in [0.1, 0.15) is 35.0 Å². The normalized spacial score (nSPS) is 15.5. The van der Waals surface area contributed by atoms with Gasteiger partial charge in [0.25, 0.3) is 5.91 Å². The Kier molecular flexibility index (Phi) is 9.32. The number of hydrogen-bond donors (Lipinski definition) is 2. The zero-order chi connectivity index (χ0) is 32.1. The highest BCUT2D eigenvalue weighted by Gasteiger charge is 2.30. The van der Waals surface area contributed by atoms with Crippen molar-refractivity contribution in [2.24, 2.45) is 0 Å². The summed E-state index contributed by atoms with van der Waals surface area (Å²) >= 11 is 0. The molecule has 45 heavy (non-hydrogen) atoms. The minimum Gasteiger partial charge on any atom is -0.457 e. The number of nitrogen functional groups attached to an aromatic ring is 1. The minimum atomic E-state index is -0.514. The summed E-state index contributed by atoms with van der Waals surface area (Å²) in [6.45, 7) is 12.7. The van der Waals surface area contributed by atoms with Crippen molar-refractivity contribution in [2.45, 2.75) is 45.8 Å². The molecule has 4 aromatic rings. The van der Waals surface area contributed by atoms with Crippen molar-refractivity contribution in [2.75, 3.05) is 38.5 Å². The summed E-state index contributed by atoms with van der Waals surface area (Å²) in [7, 11) is 0. The van der Waals surface area contributed by atoms with Crippen LogP contribution in [0, 0.1) is 11.3 Å². The molecule has 2 aromatic heterocycles. The summed E-state index contributed by atoms with van der Waals surface area (Å²) in [5.41, 5.74) is 6.66. The number of rotatable bonds is 10. The van der Waals surface area contributed by atoms with Gasteiger partial charge in [0.2, 0.25) is 0 Å². The fraction of sp³-hybridized carbons (Fsp3) is 0.364. The van der Waals surface area contributed by atoms with Crippen LogP contribution in [-0.4, -0.2) is 79.1 Å². The number of likely N-dealkylation sites (N-methyl/N-ethyl adjacent to an activating group) is 1. The largest absolute Gasteiger partial charge is 0.457 e. The van der Waals surface area contributed by atoms with Crippen LogP contribution in [0.3, 0.4) is 0 Å². The Morgan fingerprint density at radius 1 is 1.09 bits per heavy atom. The van der Waals surface area contributed by atoms with Gasteiger partial charge in [-0.1, -0.05) is 25.1 Å². The van der Waals surface area contributed by atoms with Crippen LogP contribution >= 0.6 is 0 Å². The van der Waals surface area contributed by atoms with Crippen LogP contribution in [0.2, 0.25) is 0 Å². The first-order chi connectivity index (χ1) is 21.6. The van der Waals surface area contributed by atoms with Crippen LogP contribution in [0.1, 0.15) is 27.7 Å². The van der Waals surface area contributed by atoms with E-state index >= 15 is 0 Å². The predicted octanol–water partition coefficient (Wildman–Crippen LogP) is 3.33. The number of aromatic nitrogens is 4. The van der Waals surface area contributed by atoms with Crippen molar-refractivity contribution in [1.82, 2.24) is 34.2 Å². The third-order valence-electron chi connectivity index (χ3n) is 8.14. The van der Waals surface area contributed by atoms with Gasteiger partial charge in [-0.2, -0.15) is 5.26 Å². The SMILES string of the molecule is CCN1CCN(C(C)(C)/C=C(\C#N)C(=O)N[C@@H](C)Cn2c(=O)n(-c3ccc(Oc4ccccc4)cc3)c3c(N)ncnc32)CC1. The van der Waals surface area contributed by atoms with Crippen LogP contribution in [0.25, 0.3) is 16.9 Å². The predicted molar refractivity (Wildman–Crippen MR) is 173 cm³/mol. The summed E-state index contributed by atoms with van der Waals surface area (Å²) in [4.78, 5) is 40.2. The number of piperazine rings is 1. The number of ether oxygens (including phenoxy) is 1. The van der Waals surface area contributed by atoms with Crippen molar-refractivity contribution in [3.63, 3.8) is 0 Å². The van der Waals surface area contributed by atoms with E-state index in [0.717, 1.165) is 32.7 Å². The van der Waals surface area contributed by atoms with Crippen molar-refractivity contribution in [3.05, 3.63) is 83.1 Å². The number of benzene rings is 2. The van der Waals surface area contributed by atoms with Crippen molar-refractivity contribution < 1.29 is 9.53 Å². The molecule has 2 aromatic carbocycles. The number of amides is 1. The minimum absolute atomic E-state index is 0.0314. The third-order valence-corrected chi connectivity index (χ3v) is 8.14. The quantitative estimate of drug-likeness (QED) is 0.204. The molecule has 1 fully saturated rings. The fourth-order valence-electron chi connectivity index (χ4n) is 5.65. The zero-order valence-electron chi connectivity index (χ0n) is 26.1. The molecule has 1 atom stereocenters. The highest BCUT2D eigenvalue weighted by Crippen LogP contribution is 2.25. The van der Waals surface area contributed by atoms with Crippen LogP contribution in [0.4, 0.5) is 5.82 Å². The van der Waals surface area contributed by atoms with Crippen LogP contribution in [0.5, 0.6) is 11.5 Å². The van der Waals surface area contributed by atoms with Gasteiger partial charge < -0.3 is 20.7 Å². The number of carbonyl (C=O) groups is 1. The molecular weight excluding hydrogens is 570 g/mol. The molecule has 12 nitrogen and oxygen atoms in total. The second kappa shape index (κ2) is 13.3. The van der Waals surface area contributed by atoms with E-state index in [0.29, 0.717) is 28.4 Å². The molecule has 0 spiro atoms. The molecule has 1 saturated heterocycles. The molecule has 234 valence electrons. The van der Waals surface area contributed by atoms with Gasteiger partial charge in [-0.25, -0.2) is 14.8 Å². The molecule has 0 aliphatic carbocycles. The molecule has 1 aliphatic heterocycles. The van der Waals surface area contributed by atoms with Crippen molar-refractivity contribution in [1.29, 1.82) is 5.26 Å². The van der Waals surface area contributed by atoms with Gasteiger partial charge in [-0.05, 0) is 69.8 Å². The lowest BCUT2D eigenvalue weighted by molar-refractivity contribution is -0.117. The van der Waals surface area contributed by atoms with E-state index in [4.69, 9.17) is 10.5 Å². The monoisotopic (exact) mass is 609 g/mol. The molecule has 3 heterocycles. The van der Waals surface area contributed by atoms with E-state index in [2.05, 4.69) is 38.1 Å². The summed E-state index contributed by atoms with van der Waals surface area (Å²) in [5.74, 6) is 0.953. The lowest BCUT2D eigenvalue weighted by Crippen LogP contribution is -2.54. The van der Waals surface area contributed by atoms with Crippen LogP contribution in [-0.2, 0) is 11.3 Å². The first kappa shape index (κ1) is 31.4. The number of nitrogens with zero attached hydrogens (tertiary/aromatic N) is 7. The van der Waals surface area contributed by atoms with E-state index in [-0.39, 0.29) is 17.9 Å². The van der Waals surface area contributed by atoms with E-state index in [1.807, 2.05) is 44.2 Å². The standard InChI is InChI=1S/C33H39N9O3/c1-5-39-15-17-40(18-16-39)33(3,4)19-24(20-34)31(43)38-23(2)21-41-30-28(29(35)36-22-37-30)42(32(41)44)25-11-13-27(14-12-25)45-26-9-7-6-8-10-26/h6-14,19,22-23H,5,15-18,21H2,1-4H3,(H,38,43)(H2,35,36,37)/b24-19+/t23-/m0/s1. The third kappa shape index (κ3) is 6.90. The molecular formula is C33H39N9O3. The first-order valence-electron chi connectivity index (χ1n) is 15.1. The highest BCUT2D eigenvalue weighted by atomic mass is 16.5. The molecule has 0 unspecified atom stereocenters. The maximum atomic E-state index is 13.8. The van der Waals surface area contributed by atoms with Crippen molar-refractivity contribution >= 4 is 22.9 Å². The number of fused-ring (bicyclic) bond motifs is 1. The number of para-hydroxylation sites is 1. The summed E-state index contributed by atoms with van der Waals surface area (Å²) in [6.07, 6.45) is 3.03. The summed E-state index contributed by atoms with van der Waals surface area (Å²) < 4.78 is 8.80. The Morgan fingerprint density at radius 2 is 1.76 bits per heavy atom. The molecule has 12 heteroatoms. The molecule has 1 amide bonds. The topological polar surface area (TPSA) is 147 Å². The van der Waals surface area contributed by atoms with E-state index in [9.17, 15) is 14.9 Å². The maximum Gasteiger partial charge on any atom is 0.335 e. The molecule has 0 bridgehead atoms. The fourth-order valence-corrected chi connectivity index (χ4v) is 5.65. The lowest BCUT2D eigenvalue weighted by atomic mass is 9.97. The number of carbonyl (C=O) groups excluding carboxylic acids is 1. The van der Waals surface area contributed by atoms with Crippen molar-refractivity contribution in [3.8, 4) is 23.3 Å². The van der Waals surface area contributed by atoms with Crippen LogP contribution in [0.15, 0.2) is 77.4 Å². The van der Waals surface area contributed by atoms with E-state index in [1.54, 1.807) is 37.3 Å². The summed E-state index contributed by atoms with van der Waals surface area (Å²) in [5, 5.41) is 12.8. The van der Waals surface area contributed by atoms with E-state index < -0.39 is 23.2 Å². The Balaban J connectivity index is 1.35. The number of hydrogen-bond acceptors (Lipinski definition) is 9. The lowest BCUT2D eigenvalue weighted by Gasteiger charge is -2.42. The Labute approximate surface area is 262 Å². The van der Waals surface area contributed by atoms with Gasteiger partial charge in [0.15, 0.2) is 11.5 Å². The number of nitriles is 1. The average Bonchev–Trinajstić information content (AvgIpc) is 3.32. The Morgan fingerprint density at radius 3 is 2.40 bits per heavy atom. The average molecular weight is 610 g/mol. The Bertz CT molecular complexity index is 1780. The first-order valence-corrected chi connectivity index (χ1v) is 15.1. The molecule has 0 radical (unpaired) electrons. The number of nitrogens with two attached hydrogens (primary N) is 1. The molecule has 3 N–H and O–H groups in total. The van der Waals surface area contributed by atoms with Gasteiger partial charge in [0, 0.05) is 44.3 Å². The summed E-state index contributed by atoms with van der Waals surface area (Å²) in [6, 6.07) is 18.0. The van der Waals surface area contributed by atoms with Gasteiger partial charge in [0.05, 0.1) is 5.69 Å². The second-order valence-electron chi connectivity index (χ2n) is 11.7. The van der Waals surface area contributed by atoms with E-state index in [1.165, 1.54) is 15.5 Å². The van der Waals surface area contributed by atoms with Gasteiger partial charge in [-0.15, -0.1) is 0 Å². The molecule has 5 rings (SSSR count). The smallest absolute Gasteiger partial charge is 0.335 e. The number of imidazole rings is 1. The number of anilines is 1.